The van der Waals surface area contributed by atoms with Gasteiger partial charge in [-0.15, -0.1) is 0 Å². The Morgan fingerprint density at radius 3 is 1.97 bits per heavy atom. The van der Waals surface area contributed by atoms with Gasteiger partial charge < -0.3 is 14.0 Å². The van der Waals surface area contributed by atoms with E-state index in [0.29, 0.717) is 17.8 Å². The van der Waals surface area contributed by atoms with Gasteiger partial charge >= 0.3 is 11.9 Å². The Hall–Kier alpha value is -2.93. The number of ketones is 1. The number of benzene rings is 1. The summed E-state index contributed by atoms with van der Waals surface area (Å²) >= 11 is 0. The molecule has 0 spiro atoms. The summed E-state index contributed by atoms with van der Waals surface area (Å²) in [5.74, 6) is -1.02. The Labute approximate surface area is 176 Å². The summed E-state index contributed by atoms with van der Waals surface area (Å²) in [6.45, 7) is 6.08. The number of carbonyl (C=O) groups excluding carboxylic acids is 3. The van der Waals surface area contributed by atoms with Crippen LogP contribution in [0.1, 0.15) is 61.7 Å². The molecule has 0 bridgehead atoms. The van der Waals surface area contributed by atoms with Gasteiger partial charge in [0.15, 0.2) is 5.78 Å². The highest BCUT2D eigenvalue weighted by molar-refractivity contribution is 5.99. The van der Waals surface area contributed by atoms with Crippen LogP contribution >= 0.6 is 0 Å². The number of hydrogen-bond acceptors (Lipinski definition) is 6. The van der Waals surface area contributed by atoms with E-state index in [4.69, 9.17) is 9.47 Å². The molecule has 0 saturated carbocycles. The average Bonchev–Trinajstić information content (AvgIpc) is 3.06. The zero-order valence-corrected chi connectivity index (χ0v) is 18.0. The molecule has 0 aliphatic carbocycles. The normalized spacial score (nSPS) is 14.4. The van der Waals surface area contributed by atoms with E-state index in [2.05, 4.69) is 4.90 Å². The van der Waals surface area contributed by atoms with Crippen molar-refractivity contribution >= 4 is 17.7 Å². The van der Waals surface area contributed by atoms with Crippen LogP contribution in [0.2, 0.25) is 0 Å². The maximum atomic E-state index is 13.0. The summed E-state index contributed by atoms with van der Waals surface area (Å²) in [5, 5.41) is 0. The van der Waals surface area contributed by atoms with E-state index < -0.39 is 11.9 Å². The number of Topliss-reactive ketones (excluding diaryl/α,β-unsaturated/α-hetero) is 1. The lowest BCUT2D eigenvalue weighted by Crippen LogP contribution is -2.34. The van der Waals surface area contributed by atoms with Crippen LogP contribution in [0.15, 0.2) is 24.3 Å². The predicted octanol–water partition coefficient (Wildman–Crippen LogP) is 3.34. The SMILES string of the molecule is COC(=O)c1cc(C(=O)OC)cc(-n2c(C)cc(C(=O)CN3CCCCC3)c2C)c1. The number of esters is 2. The molecule has 0 N–H and O–H groups in total. The lowest BCUT2D eigenvalue weighted by molar-refractivity contribution is 0.0598. The third-order valence-electron chi connectivity index (χ3n) is 5.57. The van der Waals surface area contributed by atoms with Crippen molar-refractivity contribution in [2.45, 2.75) is 33.1 Å². The summed E-state index contributed by atoms with van der Waals surface area (Å²) < 4.78 is 11.5. The van der Waals surface area contributed by atoms with Gasteiger partial charge in [0.05, 0.1) is 31.9 Å². The van der Waals surface area contributed by atoms with Gasteiger partial charge in [-0.2, -0.15) is 0 Å². The molecule has 3 rings (SSSR count). The third-order valence-corrected chi connectivity index (χ3v) is 5.57. The molecular weight excluding hydrogens is 384 g/mol. The Morgan fingerprint density at radius 2 is 1.43 bits per heavy atom. The molecule has 7 heteroatoms. The Morgan fingerprint density at radius 1 is 0.867 bits per heavy atom. The van der Waals surface area contributed by atoms with Gasteiger partial charge in [-0.1, -0.05) is 6.42 Å². The maximum absolute atomic E-state index is 13.0. The average molecular weight is 412 g/mol. The van der Waals surface area contributed by atoms with Crippen LogP contribution in [0, 0.1) is 13.8 Å². The summed E-state index contributed by atoms with van der Waals surface area (Å²) in [5.41, 5.74) is 3.35. The minimum atomic E-state index is -0.550. The van der Waals surface area contributed by atoms with E-state index in [9.17, 15) is 14.4 Å². The number of rotatable bonds is 6. The third kappa shape index (κ3) is 4.46. The molecule has 1 saturated heterocycles. The quantitative estimate of drug-likeness (QED) is 0.535. The first-order valence-electron chi connectivity index (χ1n) is 10.1. The minimum Gasteiger partial charge on any atom is -0.465 e. The van der Waals surface area contributed by atoms with Crippen LogP contribution in [-0.2, 0) is 9.47 Å². The van der Waals surface area contributed by atoms with E-state index >= 15 is 0 Å². The number of aromatic nitrogens is 1. The largest absolute Gasteiger partial charge is 0.465 e. The van der Waals surface area contributed by atoms with E-state index in [1.807, 2.05) is 24.5 Å². The fraction of sp³-hybridized carbons (Fsp3) is 0.435. The molecule has 160 valence electrons. The first-order chi connectivity index (χ1) is 14.3. The van der Waals surface area contributed by atoms with Crippen molar-refractivity contribution in [2.24, 2.45) is 0 Å². The molecule has 2 heterocycles. The standard InChI is InChI=1S/C23H28N2O5/c1-15-10-20(21(26)14-24-8-6-5-7-9-24)16(2)25(15)19-12-17(22(27)29-3)11-18(13-19)23(28)30-4/h10-13H,5-9,14H2,1-4H3. The molecule has 2 aromatic rings. The molecule has 1 fully saturated rings. The van der Waals surface area contributed by atoms with Gasteiger partial charge in [0.25, 0.3) is 0 Å². The first-order valence-corrected chi connectivity index (χ1v) is 10.1. The van der Waals surface area contributed by atoms with Crippen molar-refractivity contribution in [1.82, 2.24) is 9.47 Å². The zero-order chi connectivity index (χ0) is 21.8. The second-order valence-electron chi connectivity index (χ2n) is 7.63. The van der Waals surface area contributed by atoms with Crippen molar-refractivity contribution in [3.8, 4) is 5.69 Å². The van der Waals surface area contributed by atoms with Crippen LogP contribution in [-0.4, -0.2) is 61.0 Å². The molecule has 1 aliphatic heterocycles. The Balaban J connectivity index is 2.00. The topological polar surface area (TPSA) is 77.8 Å². The lowest BCUT2D eigenvalue weighted by atomic mass is 10.1. The van der Waals surface area contributed by atoms with E-state index in [-0.39, 0.29) is 16.9 Å². The maximum Gasteiger partial charge on any atom is 0.337 e. The number of aryl methyl sites for hydroxylation is 1. The molecule has 30 heavy (non-hydrogen) atoms. The molecule has 1 aromatic carbocycles. The number of carbonyl (C=O) groups is 3. The fourth-order valence-electron chi connectivity index (χ4n) is 4.06. The second kappa shape index (κ2) is 9.26. The lowest BCUT2D eigenvalue weighted by Gasteiger charge is -2.25. The van der Waals surface area contributed by atoms with E-state index in [1.165, 1.54) is 26.7 Å². The Kier molecular flexibility index (Phi) is 6.72. The van der Waals surface area contributed by atoms with Crippen LogP contribution < -0.4 is 0 Å². The van der Waals surface area contributed by atoms with Crippen LogP contribution in [0.4, 0.5) is 0 Å². The van der Waals surface area contributed by atoms with Gasteiger partial charge in [0, 0.05) is 22.6 Å². The highest BCUT2D eigenvalue weighted by Crippen LogP contribution is 2.24. The molecule has 0 radical (unpaired) electrons. The number of hydrogen-bond donors (Lipinski definition) is 0. The van der Waals surface area contributed by atoms with E-state index in [1.54, 1.807) is 12.1 Å². The number of nitrogens with zero attached hydrogens (tertiary/aromatic N) is 2. The van der Waals surface area contributed by atoms with Crippen molar-refractivity contribution in [3.63, 3.8) is 0 Å². The fourth-order valence-corrected chi connectivity index (χ4v) is 4.06. The number of likely N-dealkylation sites (tertiary alicyclic amines) is 1. The number of piperidine rings is 1. The van der Waals surface area contributed by atoms with Crippen molar-refractivity contribution in [2.75, 3.05) is 33.9 Å². The molecule has 7 nitrogen and oxygen atoms in total. The zero-order valence-electron chi connectivity index (χ0n) is 18.0. The Bertz CT molecular complexity index is 936. The molecule has 0 atom stereocenters. The molecular formula is C23H28N2O5. The van der Waals surface area contributed by atoms with Crippen LogP contribution in [0.3, 0.4) is 0 Å². The van der Waals surface area contributed by atoms with Crippen molar-refractivity contribution in [1.29, 1.82) is 0 Å². The summed E-state index contributed by atoms with van der Waals surface area (Å²) in [6, 6.07) is 6.61. The van der Waals surface area contributed by atoms with Crippen LogP contribution in [0.25, 0.3) is 5.69 Å². The van der Waals surface area contributed by atoms with Gasteiger partial charge in [-0.3, -0.25) is 9.69 Å². The van der Waals surface area contributed by atoms with Gasteiger partial charge in [0.1, 0.15) is 0 Å². The summed E-state index contributed by atoms with van der Waals surface area (Å²) in [7, 11) is 2.58. The van der Waals surface area contributed by atoms with Gasteiger partial charge in [0.2, 0.25) is 0 Å². The molecule has 1 aliphatic rings. The first kappa shape index (κ1) is 21.8. The highest BCUT2D eigenvalue weighted by atomic mass is 16.5. The van der Waals surface area contributed by atoms with Gasteiger partial charge in [-0.05, 0) is 64.0 Å². The molecule has 0 amide bonds. The summed E-state index contributed by atoms with van der Waals surface area (Å²) in [6.07, 6.45) is 3.48. The number of methoxy groups -OCH3 is 2. The smallest absolute Gasteiger partial charge is 0.337 e. The van der Waals surface area contributed by atoms with E-state index in [0.717, 1.165) is 37.3 Å². The van der Waals surface area contributed by atoms with Gasteiger partial charge in [-0.25, -0.2) is 9.59 Å². The van der Waals surface area contributed by atoms with Crippen LogP contribution in [0.5, 0.6) is 0 Å². The molecule has 1 aromatic heterocycles. The highest BCUT2D eigenvalue weighted by Gasteiger charge is 2.22. The van der Waals surface area contributed by atoms with Crippen molar-refractivity contribution in [3.05, 3.63) is 52.3 Å². The summed E-state index contributed by atoms with van der Waals surface area (Å²) in [4.78, 5) is 39.4. The minimum absolute atomic E-state index is 0.0774. The monoisotopic (exact) mass is 412 g/mol. The second-order valence-corrected chi connectivity index (χ2v) is 7.63. The predicted molar refractivity (Wildman–Crippen MR) is 113 cm³/mol. The molecule has 0 unspecified atom stereocenters. The number of ether oxygens (including phenoxy) is 2. The van der Waals surface area contributed by atoms with Crippen molar-refractivity contribution < 1.29 is 23.9 Å².